The number of ether oxygens (including phenoxy) is 1. The van der Waals surface area contributed by atoms with Gasteiger partial charge in [0.15, 0.2) is 5.16 Å². The molecule has 0 bridgehead atoms. The molecule has 4 aromatic heterocycles. The summed E-state index contributed by atoms with van der Waals surface area (Å²) in [5.74, 6) is 1.49. The lowest BCUT2D eigenvalue weighted by molar-refractivity contribution is 0.393. The van der Waals surface area contributed by atoms with Crippen molar-refractivity contribution in [2.45, 2.75) is 32.0 Å². The van der Waals surface area contributed by atoms with E-state index in [1.54, 1.807) is 18.9 Å². The third-order valence-electron chi connectivity index (χ3n) is 5.79. The lowest BCUT2D eigenvalue weighted by atomic mass is 10.0. The number of aromatic nitrogens is 5. The summed E-state index contributed by atoms with van der Waals surface area (Å²) >= 11 is 1.61. The number of rotatable bonds is 5. The van der Waals surface area contributed by atoms with Crippen LogP contribution in [0.3, 0.4) is 0 Å². The van der Waals surface area contributed by atoms with Crippen LogP contribution in [-0.4, -0.2) is 38.0 Å². The Balaban J connectivity index is 1.82. The van der Waals surface area contributed by atoms with Gasteiger partial charge < -0.3 is 13.8 Å². The third kappa shape index (κ3) is 3.14. The number of methoxy groups -OCH3 is 1. The second kappa shape index (κ2) is 7.94. The molecule has 0 aliphatic heterocycles. The van der Waals surface area contributed by atoms with Crippen LogP contribution in [-0.2, 0) is 0 Å². The van der Waals surface area contributed by atoms with E-state index in [0.29, 0.717) is 0 Å². The van der Waals surface area contributed by atoms with Crippen molar-refractivity contribution < 1.29 is 9.26 Å². The SMILES string of the molecule is COc1cc2c(cc1-c1c(C)noc1C)ncc1nc(SC)n([C@H](C)c3ccccn3)c12. The first kappa shape index (κ1) is 20.5. The van der Waals surface area contributed by atoms with Crippen molar-refractivity contribution in [3.05, 3.63) is 59.9 Å². The van der Waals surface area contributed by atoms with Crippen molar-refractivity contribution in [3.8, 4) is 16.9 Å². The van der Waals surface area contributed by atoms with Gasteiger partial charge in [-0.25, -0.2) is 4.98 Å². The zero-order valence-corrected chi connectivity index (χ0v) is 19.4. The van der Waals surface area contributed by atoms with Gasteiger partial charge in [-0.1, -0.05) is 23.0 Å². The van der Waals surface area contributed by atoms with Crippen LogP contribution in [0.1, 0.15) is 30.1 Å². The fourth-order valence-corrected chi connectivity index (χ4v) is 4.91. The van der Waals surface area contributed by atoms with E-state index in [9.17, 15) is 0 Å². The largest absolute Gasteiger partial charge is 0.496 e. The summed E-state index contributed by atoms with van der Waals surface area (Å²) in [5.41, 5.74) is 6.36. The molecule has 5 rings (SSSR count). The van der Waals surface area contributed by atoms with Crippen LogP contribution in [0.2, 0.25) is 0 Å². The number of imidazole rings is 1. The number of benzene rings is 1. The molecule has 4 heterocycles. The molecule has 0 saturated carbocycles. The van der Waals surface area contributed by atoms with Gasteiger partial charge in [0.2, 0.25) is 0 Å². The van der Waals surface area contributed by atoms with Gasteiger partial charge in [0.1, 0.15) is 17.0 Å². The van der Waals surface area contributed by atoms with Gasteiger partial charge in [-0.05, 0) is 51.3 Å². The predicted molar refractivity (Wildman–Crippen MR) is 126 cm³/mol. The molecule has 0 radical (unpaired) electrons. The Labute approximate surface area is 189 Å². The second-order valence-corrected chi connectivity index (χ2v) is 8.43. The molecule has 1 aromatic carbocycles. The maximum atomic E-state index is 5.81. The fourth-order valence-electron chi connectivity index (χ4n) is 4.27. The minimum absolute atomic E-state index is 0.00230. The molecule has 162 valence electrons. The monoisotopic (exact) mass is 445 g/mol. The van der Waals surface area contributed by atoms with Crippen LogP contribution in [0, 0.1) is 13.8 Å². The molecule has 32 heavy (non-hydrogen) atoms. The maximum absolute atomic E-state index is 5.81. The Hall–Kier alpha value is -3.39. The van der Waals surface area contributed by atoms with Gasteiger partial charge >= 0.3 is 0 Å². The van der Waals surface area contributed by atoms with E-state index in [0.717, 1.165) is 61.1 Å². The fraction of sp³-hybridized carbons (Fsp3) is 0.250. The topological polar surface area (TPSA) is 78.9 Å². The van der Waals surface area contributed by atoms with Crippen LogP contribution >= 0.6 is 11.8 Å². The zero-order valence-electron chi connectivity index (χ0n) is 18.6. The summed E-state index contributed by atoms with van der Waals surface area (Å²) in [6, 6.07) is 10.1. The van der Waals surface area contributed by atoms with Crippen molar-refractivity contribution >= 4 is 33.7 Å². The zero-order chi connectivity index (χ0) is 22.4. The molecule has 5 aromatic rings. The summed E-state index contributed by atoms with van der Waals surface area (Å²) in [6.45, 7) is 5.98. The van der Waals surface area contributed by atoms with Crippen LogP contribution in [0.15, 0.2) is 52.4 Å². The van der Waals surface area contributed by atoms with Gasteiger partial charge in [-0.15, -0.1) is 0 Å². The summed E-state index contributed by atoms with van der Waals surface area (Å²) in [5, 5.41) is 6.00. The highest BCUT2D eigenvalue weighted by molar-refractivity contribution is 7.98. The van der Waals surface area contributed by atoms with Crippen molar-refractivity contribution in [1.82, 2.24) is 24.7 Å². The Kier molecular flexibility index (Phi) is 5.09. The van der Waals surface area contributed by atoms with E-state index in [1.165, 1.54) is 0 Å². The molecule has 0 unspecified atom stereocenters. The molecule has 0 N–H and O–H groups in total. The van der Waals surface area contributed by atoms with Crippen LogP contribution in [0.25, 0.3) is 33.1 Å². The maximum Gasteiger partial charge on any atom is 0.169 e. The molecular formula is C24H23N5O2S. The van der Waals surface area contributed by atoms with Gasteiger partial charge in [0.05, 0.1) is 47.3 Å². The average Bonchev–Trinajstić information content (AvgIpc) is 3.37. The van der Waals surface area contributed by atoms with Gasteiger partial charge in [-0.2, -0.15) is 0 Å². The summed E-state index contributed by atoms with van der Waals surface area (Å²) < 4.78 is 13.4. The Bertz CT molecular complexity index is 1420. The molecular weight excluding hydrogens is 422 g/mol. The molecule has 1 atom stereocenters. The Morgan fingerprint density at radius 3 is 2.62 bits per heavy atom. The highest BCUT2D eigenvalue weighted by Crippen LogP contribution is 2.40. The first-order valence-corrected chi connectivity index (χ1v) is 11.5. The number of pyridine rings is 2. The number of thioether (sulfide) groups is 1. The lowest BCUT2D eigenvalue weighted by Crippen LogP contribution is -2.09. The summed E-state index contributed by atoms with van der Waals surface area (Å²) in [4.78, 5) is 14.2. The minimum Gasteiger partial charge on any atom is -0.496 e. The quantitative estimate of drug-likeness (QED) is 0.326. The molecule has 0 amide bonds. The Morgan fingerprint density at radius 1 is 1.12 bits per heavy atom. The van der Waals surface area contributed by atoms with Crippen LogP contribution < -0.4 is 4.74 Å². The number of nitrogens with zero attached hydrogens (tertiary/aromatic N) is 5. The van der Waals surface area contributed by atoms with Crippen molar-refractivity contribution in [2.75, 3.05) is 13.4 Å². The normalized spacial score (nSPS) is 12.5. The van der Waals surface area contributed by atoms with Crippen molar-refractivity contribution in [1.29, 1.82) is 0 Å². The molecule has 0 spiro atoms. The predicted octanol–water partition coefficient (Wildman–Crippen LogP) is 5.59. The number of hydrogen-bond donors (Lipinski definition) is 0. The molecule has 0 fully saturated rings. The van der Waals surface area contributed by atoms with E-state index in [-0.39, 0.29) is 6.04 Å². The number of aryl methyl sites for hydroxylation is 2. The van der Waals surface area contributed by atoms with Crippen LogP contribution in [0.4, 0.5) is 0 Å². The van der Waals surface area contributed by atoms with Gasteiger partial charge in [-0.3, -0.25) is 9.97 Å². The summed E-state index contributed by atoms with van der Waals surface area (Å²) in [6.07, 6.45) is 5.69. The van der Waals surface area contributed by atoms with E-state index >= 15 is 0 Å². The van der Waals surface area contributed by atoms with E-state index in [2.05, 4.69) is 21.6 Å². The second-order valence-electron chi connectivity index (χ2n) is 7.66. The molecule has 8 heteroatoms. The van der Waals surface area contributed by atoms with E-state index in [1.807, 2.05) is 62.8 Å². The standard InChI is InChI=1S/C24H23N5O2S/c1-13-22(15(3)31-28-13)17-10-19-16(11-21(17)30-4)23-20(12-26-19)27-24(32-5)29(23)14(2)18-8-6-7-9-25-18/h6-12,14H,1-5H3/t14-/m1/s1. The lowest BCUT2D eigenvalue weighted by Gasteiger charge is -2.18. The first-order chi connectivity index (χ1) is 15.5. The molecule has 0 saturated heterocycles. The molecule has 0 aliphatic carbocycles. The molecule has 7 nitrogen and oxygen atoms in total. The third-order valence-corrected chi connectivity index (χ3v) is 6.45. The summed E-state index contributed by atoms with van der Waals surface area (Å²) in [7, 11) is 1.68. The Morgan fingerprint density at radius 2 is 1.97 bits per heavy atom. The highest BCUT2D eigenvalue weighted by atomic mass is 32.2. The average molecular weight is 446 g/mol. The van der Waals surface area contributed by atoms with Crippen molar-refractivity contribution in [3.63, 3.8) is 0 Å². The van der Waals surface area contributed by atoms with Crippen LogP contribution in [0.5, 0.6) is 5.75 Å². The van der Waals surface area contributed by atoms with E-state index < -0.39 is 0 Å². The molecule has 0 aliphatic rings. The highest BCUT2D eigenvalue weighted by Gasteiger charge is 2.23. The van der Waals surface area contributed by atoms with Crippen molar-refractivity contribution in [2.24, 2.45) is 0 Å². The van der Waals surface area contributed by atoms with Gasteiger partial charge in [0.25, 0.3) is 0 Å². The smallest absolute Gasteiger partial charge is 0.169 e. The number of fused-ring (bicyclic) bond motifs is 3. The first-order valence-electron chi connectivity index (χ1n) is 10.3. The van der Waals surface area contributed by atoms with E-state index in [4.69, 9.17) is 19.2 Å². The number of hydrogen-bond acceptors (Lipinski definition) is 7. The minimum atomic E-state index is 0.00230. The van der Waals surface area contributed by atoms with Gasteiger partial charge in [0, 0.05) is 17.1 Å².